The van der Waals surface area contributed by atoms with Gasteiger partial charge in [-0.2, -0.15) is 0 Å². The van der Waals surface area contributed by atoms with Gasteiger partial charge in [0, 0.05) is 24.6 Å². The zero-order valence-electron chi connectivity index (χ0n) is 16.7. The molecule has 0 spiro atoms. The fourth-order valence-corrected chi connectivity index (χ4v) is 3.59. The van der Waals surface area contributed by atoms with E-state index in [2.05, 4.69) is 5.32 Å². The first-order valence-corrected chi connectivity index (χ1v) is 9.45. The van der Waals surface area contributed by atoms with E-state index in [1.807, 2.05) is 30.3 Å². The molecule has 7 nitrogen and oxygen atoms in total. The van der Waals surface area contributed by atoms with Crippen molar-refractivity contribution in [3.63, 3.8) is 0 Å². The topological polar surface area (TPSA) is 83.1 Å². The second kappa shape index (κ2) is 7.31. The third-order valence-electron chi connectivity index (χ3n) is 5.25. The maximum absolute atomic E-state index is 11.9. The molecule has 1 aliphatic carbocycles. The summed E-state index contributed by atoms with van der Waals surface area (Å²) >= 11 is 0. The summed E-state index contributed by atoms with van der Waals surface area (Å²) < 4.78 is 22.6. The molecular weight excluding hydrogens is 374 g/mol. The molecule has 1 amide bonds. The number of esters is 1. The molecule has 152 valence electrons. The first kappa shape index (κ1) is 19.1. The second-order valence-electron chi connectivity index (χ2n) is 7.30. The van der Waals surface area contributed by atoms with Crippen LogP contribution in [0.5, 0.6) is 17.2 Å². The monoisotopic (exact) mass is 397 g/mol. The quantitative estimate of drug-likeness (QED) is 0.723. The minimum Gasteiger partial charge on any atom is -0.493 e. The summed E-state index contributed by atoms with van der Waals surface area (Å²) in [6, 6.07) is 9.39. The van der Waals surface area contributed by atoms with E-state index in [9.17, 15) is 9.59 Å². The third-order valence-corrected chi connectivity index (χ3v) is 5.25. The highest BCUT2D eigenvalue weighted by Gasteiger charge is 2.47. The lowest BCUT2D eigenvalue weighted by atomic mass is 9.99. The summed E-state index contributed by atoms with van der Waals surface area (Å²) in [5, 5.41) is 2.83. The summed E-state index contributed by atoms with van der Waals surface area (Å²) in [7, 11) is 3.12. The lowest BCUT2D eigenvalue weighted by molar-refractivity contribution is -0.150. The highest BCUT2D eigenvalue weighted by molar-refractivity contribution is 5.99. The number of carbonyl (C=O) groups is 2. The van der Waals surface area contributed by atoms with Gasteiger partial charge in [-0.25, -0.2) is 0 Å². The molecule has 1 saturated carbocycles. The predicted octanol–water partition coefficient (Wildman–Crippen LogP) is 3.09. The lowest BCUT2D eigenvalue weighted by Crippen LogP contribution is -2.26. The van der Waals surface area contributed by atoms with Gasteiger partial charge in [-0.15, -0.1) is 0 Å². The number of hydrogen-bond donors (Lipinski definition) is 1. The minimum atomic E-state index is -0.578. The van der Waals surface area contributed by atoms with Crippen LogP contribution in [0.1, 0.15) is 35.7 Å². The van der Waals surface area contributed by atoms with E-state index < -0.39 is 5.60 Å². The first-order chi connectivity index (χ1) is 14.0. The Morgan fingerprint density at radius 3 is 2.48 bits per heavy atom. The Bertz CT molecular complexity index is 980. The first-order valence-electron chi connectivity index (χ1n) is 9.45. The summed E-state index contributed by atoms with van der Waals surface area (Å²) in [6.07, 6.45) is 1.53. The van der Waals surface area contributed by atoms with Crippen LogP contribution >= 0.6 is 0 Å². The predicted molar refractivity (Wildman–Crippen MR) is 105 cm³/mol. The average Bonchev–Trinajstić information content (AvgIpc) is 3.37. The van der Waals surface area contributed by atoms with Crippen molar-refractivity contribution < 1.29 is 28.5 Å². The Hall–Kier alpha value is -3.22. The molecule has 2 aromatic rings. The Morgan fingerprint density at radius 1 is 1.07 bits per heavy atom. The zero-order valence-corrected chi connectivity index (χ0v) is 16.7. The average molecular weight is 397 g/mol. The fraction of sp³-hybridized carbons (Fsp3) is 0.364. The van der Waals surface area contributed by atoms with Crippen LogP contribution in [-0.4, -0.2) is 38.3 Å². The molecule has 2 aliphatic rings. The van der Waals surface area contributed by atoms with Crippen LogP contribution in [-0.2, 0) is 16.1 Å². The van der Waals surface area contributed by atoms with E-state index in [-0.39, 0.29) is 18.5 Å². The molecule has 0 bridgehead atoms. The summed E-state index contributed by atoms with van der Waals surface area (Å²) in [5.41, 5.74) is 2.75. The SMILES string of the molecule is COc1ccc(-c2ccc3c(c2)CNC3=O)c(OCC2(OC(C)=O)CC2)c1OC. The number of hydrogen-bond acceptors (Lipinski definition) is 6. The molecule has 2 aromatic carbocycles. The van der Waals surface area contributed by atoms with Crippen LogP contribution in [0.15, 0.2) is 30.3 Å². The summed E-state index contributed by atoms with van der Waals surface area (Å²) in [4.78, 5) is 23.3. The molecular formula is C22H23NO6. The summed E-state index contributed by atoms with van der Waals surface area (Å²) in [6.45, 7) is 2.13. The molecule has 0 aromatic heterocycles. The molecule has 1 aliphatic heterocycles. The molecule has 0 saturated heterocycles. The van der Waals surface area contributed by atoms with Crippen LogP contribution in [0.25, 0.3) is 11.1 Å². The third kappa shape index (κ3) is 3.60. The molecule has 1 N–H and O–H groups in total. The van der Waals surface area contributed by atoms with Gasteiger partial charge >= 0.3 is 5.97 Å². The molecule has 1 heterocycles. The molecule has 0 radical (unpaired) electrons. The van der Waals surface area contributed by atoms with E-state index in [1.165, 1.54) is 6.92 Å². The van der Waals surface area contributed by atoms with Crippen molar-refractivity contribution in [2.45, 2.75) is 31.9 Å². The normalized spacial score (nSPS) is 15.9. The Kier molecular flexibility index (Phi) is 4.82. The molecule has 7 heteroatoms. The van der Waals surface area contributed by atoms with E-state index >= 15 is 0 Å². The van der Waals surface area contributed by atoms with Crippen LogP contribution in [0.3, 0.4) is 0 Å². The van der Waals surface area contributed by atoms with Gasteiger partial charge in [0.25, 0.3) is 5.91 Å². The molecule has 29 heavy (non-hydrogen) atoms. The minimum absolute atomic E-state index is 0.0626. The van der Waals surface area contributed by atoms with Gasteiger partial charge < -0.3 is 24.3 Å². The second-order valence-corrected chi connectivity index (χ2v) is 7.30. The van der Waals surface area contributed by atoms with Gasteiger partial charge in [-0.3, -0.25) is 9.59 Å². The van der Waals surface area contributed by atoms with Gasteiger partial charge in [0.15, 0.2) is 11.5 Å². The van der Waals surface area contributed by atoms with Crippen molar-refractivity contribution in [1.82, 2.24) is 5.32 Å². The van der Waals surface area contributed by atoms with Crippen LogP contribution in [0, 0.1) is 0 Å². The fourth-order valence-electron chi connectivity index (χ4n) is 3.59. The van der Waals surface area contributed by atoms with Gasteiger partial charge in [0.1, 0.15) is 12.2 Å². The van der Waals surface area contributed by atoms with Gasteiger partial charge in [-0.05, 0) is 48.2 Å². The molecule has 0 unspecified atom stereocenters. The number of benzene rings is 2. The van der Waals surface area contributed by atoms with Crippen molar-refractivity contribution in [1.29, 1.82) is 0 Å². The van der Waals surface area contributed by atoms with Crippen molar-refractivity contribution in [2.75, 3.05) is 20.8 Å². The number of ether oxygens (including phenoxy) is 4. The maximum atomic E-state index is 11.9. The van der Waals surface area contributed by atoms with E-state index in [4.69, 9.17) is 18.9 Å². The van der Waals surface area contributed by atoms with Crippen LogP contribution in [0.2, 0.25) is 0 Å². The largest absolute Gasteiger partial charge is 0.493 e. The lowest BCUT2D eigenvalue weighted by Gasteiger charge is -2.21. The number of nitrogens with one attached hydrogen (secondary N) is 1. The Morgan fingerprint density at radius 2 is 1.83 bits per heavy atom. The van der Waals surface area contributed by atoms with Crippen molar-refractivity contribution in [3.8, 4) is 28.4 Å². The summed E-state index contributed by atoms with van der Waals surface area (Å²) in [5.74, 6) is 1.15. The number of methoxy groups -OCH3 is 2. The molecule has 4 rings (SSSR count). The molecule has 1 fully saturated rings. The van der Waals surface area contributed by atoms with Gasteiger partial charge in [-0.1, -0.05) is 6.07 Å². The van der Waals surface area contributed by atoms with E-state index in [0.717, 1.165) is 29.5 Å². The number of amides is 1. The maximum Gasteiger partial charge on any atom is 0.303 e. The van der Waals surface area contributed by atoms with E-state index in [1.54, 1.807) is 14.2 Å². The molecule has 0 atom stereocenters. The smallest absolute Gasteiger partial charge is 0.303 e. The standard InChI is InChI=1S/C22H23NO6/c1-13(24)29-22(8-9-22)12-28-19-16(6-7-18(26-2)20(19)27-3)14-4-5-17-15(10-14)11-23-21(17)25/h4-7,10H,8-9,11-12H2,1-3H3,(H,23,25). The van der Waals surface area contributed by atoms with E-state index in [0.29, 0.717) is 29.4 Å². The Labute approximate surface area is 168 Å². The highest BCUT2D eigenvalue weighted by atomic mass is 16.6. The van der Waals surface area contributed by atoms with Gasteiger partial charge in [0.2, 0.25) is 5.75 Å². The van der Waals surface area contributed by atoms with Gasteiger partial charge in [0.05, 0.1) is 14.2 Å². The van der Waals surface area contributed by atoms with Crippen molar-refractivity contribution in [2.24, 2.45) is 0 Å². The number of rotatable bonds is 7. The Balaban J connectivity index is 1.72. The zero-order chi connectivity index (χ0) is 20.6. The van der Waals surface area contributed by atoms with Crippen LogP contribution < -0.4 is 19.5 Å². The van der Waals surface area contributed by atoms with Crippen molar-refractivity contribution in [3.05, 3.63) is 41.5 Å². The van der Waals surface area contributed by atoms with Crippen LogP contribution in [0.4, 0.5) is 0 Å². The van der Waals surface area contributed by atoms with Crippen molar-refractivity contribution >= 4 is 11.9 Å². The number of carbonyl (C=O) groups excluding carboxylic acids is 2. The number of fused-ring (bicyclic) bond motifs is 1. The highest BCUT2D eigenvalue weighted by Crippen LogP contribution is 2.47.